The number of carbonyl (C=O) groups excluding carboxylic acids is 1. The molecule has 0 unspecified atom stereocenters. The molecule has 164 valence electrons. The summed E-state index contributed by atoms with van der Waals surface area (Å²) in [5, 5.41) is 2.91. The van der Waals surface area contributed by atoms with Crippen LogP contribution in [0.3, 0.4) is 0 Å². The lowest BCUT2D eigenvalue weighted by molar-refractivity contribution is -0.116. The summed E-state index contributed by atoms with van der Waals surface area (Å²) in [4.78, 5) is 26.2. The van der Waals surface area contributed by atoms with E-state index >= 15 is 0 Å². The number of carbonyl (C=O) groups is 1. The Bertz CT molecular complexity index is 918. The summed E-state index contributed by atoms with van der Waals surface area (Å²) in [6.45, 7) is 5.58. The molecule has 0 atom stereocenters. The number of fused-ring (bicyclic) bond motifs is 1. The second-order valence-corrected chi connectivity index (χ2v) is 9.19. The fraction of sp³-hybridized carbons (Fsp3) is 0.560. The summed E-state index contributed by atoms with van der Waals surface area (Å²) < 4.78 is 0. The van der Waals surface area contributed by atoms with Gasteiger partial charge in [-0.25, -0.2) is 9.97 Å². The molecule has 0 radical (unpaired) electrons. The van der Waals surface area contributed by atoms with Gasteiger partial charge >= 0.3 is 0 Å². The zero-order valence-corrected chi connectivity index (χ0v) is 18.4. The number of nitrogens with one attached hydrogen (secondary N) is 1. The molecule has 4 heterocycles. The maximum absolute atomic E-state index is 11.6. The first-order chi connectivity index (χ1) is 15.2. The van der Waals surface area contributed by atoms with Crippen molar-refractivity contribution in [2.75, 3.05) is 42.9 Å². The number of hydrogen-bond donors (Lipinski definition) is 1. The third kappa shape index (κ3) is 5.24. The quantitative estimate of drug-likeness (QED) is 0.660. The monoisotopic (exact) mass is 419 g/mol. The van der Waals surface area contributed by atoms with E-state index in [9.17, 15) is 4.79 Å². The van der Waals surface area contributed by atoms with Crippen LogP contribution < -0.4 is 10.2 Å². The van der Waals surface area contributed by atoms with Gasteiger partial charge in [-0.05, 0) is 68.8 Å². The third-order valence-electron chi connectivity index (χ3n) is 6.77. The van der Waals surface area contributed by atoms with Gasteiger partial charge < -0.3 is 10.2 Å². The Labute approximate surface area is 185 Å². The van der Waals surface area contributed by atoms with E-state index in [-0.39, 0.29) is 5.91 Å². The van der Waals surface area contributed by atoms with Crippen molar-refractivity contribution >= 4 is 17.5 Å². The molecule has 5 rings (SSSR count). The molecule has 2 aromatic rings. The van der Waals surface area contributed by atoms with Gasteiger partial charge in [0.15, 0.2) is 0 Å². The molecule has 1 N–H and O–H groups in total. The van der Waals surface area contributed by atoms with E-state index in [1.807, 2.05) is 0 Å². The number of aryl methyl sites for hydroxylation is 2. The van der Waals surface area contributed by atoms with E-state index < -0.39 is 0 Å². The Kier molecular flexibility index (Phi) is 6.16. The maximum atomic E-state index is 11.6. The Morgan fingerprint density at radius 3 is 2.65 bits per heavy atom. The largest absolute Gasteiger partial charge is 0.354 e. The number of anilines is 2. The number of rotatable bonds is 8. The molecule has 1 aliphatic carbocycles. The van der Waals surface area contributed by atoms with Crippen LogP contribution in [0.25, 0.3) is 0 Å². The third-order valence-corrected chi connectivity index (χ3v) is 6.77. The van der Waals surface area contributed by atoms with Crippen molar-refractivity contribution in [3.8, 4) is 0 Å². The van der Waals surface area contributed by atoms with Crippen molar-refractivity contribution in [1.82, 2.24) is 14.9 Å². The highest BCUT2D eigenvalue weighted by Gasteiger charge is 2.26. The molecular formula is C25H33N5O. The average molecular weight is 420 g/mol. The number of pyridine rings is 2. The molecule has 0 spiro atoms. The standard InChI is InChI=1S/C25H33N5O/c31-24-13-11-20-10-12-21(26-25(20)28-24)5-2-1-3-14-29-15-17-30(18-16-29)23-7-4-6-22(27-23)19-8-9-19/h4,6-7,10,12,19H,1-3,5,8-9,11,13-18H2,(H,26,28,31). The second-order valence-electron chi connectivity index (χ2n) is 9.19. The van der Waals surface area contributed by atoms with Crippen molar-refractivity contribution < 1.29 is 4.79 Å². The predicted molar refractivity (Wildman–Crippen MR) is 124 cm³/mol. The molecule has 2 aromatic heterocycles. The van der Waals surface area contributed by atoms with Gasteiger partial charge in [0.25, 0.3) is 0 Å². The predicted octanol–water partition coefficient (Wildman–Crippen LogP) is 3.77. The van der Waals surface area contributed by atoms with Crippen molar-refractivity contribution in [3.05, 3.63) is 47.3 Å². The fourth-order valence-electron chi connectivity index (χ4n) is 4.66. The van der Waals surface area contributed by atoms with Gasteiger partial charge in [-0.1, -0.05) is 18.6 Å². The molecule has 6 nitrogen and oxygen atoms in total. The van der Waals surface area contributed by atoms with E-state index in [4.69, 9.17) is 4.98 Å². The van der Waals surface area contributed by atoms with E-state index in [1.165, 1.54) is 37.9 Å². The van der Waals surface area contributed by atoms with E-state index in [0.717, 1.165) is 74.3 Å². The van der Waals surface area contributed by atoms with Gasteiger partial charge in [0, 0.05) is 49.9 Å². The van der Waals surface area contributed by atoms with E-state index in [1.54, 1.807) is 0 Å². The fourth-order valence-corrected chi connectivity index (χ4v) is 4.66. The van der Waals surface area contributed by atoms with Crippen LogP contribution in [0.1, 0.15) is 61.4 Å². The summed E-state index contributed by atoms with van der Waals surface area (Å²) in [5.41, 5.74) is 3.54. The molecule has 1 amide bonds. The zero-order chi connectivity index (χ0) is 21.0. The van der Waals surface area contributed by atoms with E-state index in [0.29, 0.717) is 6.42 Å². The number of aromatic nitrogens is 2. The lowest BCUT2D eigenvalue weighted by atomic mass is 10.0. The SMILES string of the molecule is O=C1CCc2ccc(CCCCCN3CCN(c4cccc(C5CC5)n4)CC3)nc2N1. The van der Waals surface area contributed by atoms with Crippen molar-refractivity contribution in [1.29, 1.82) is 0 Å². The summed E-state index contributed by atoms with van der Waals surface area (Å²) in [6, 6.07) is 10.8. The molecule has 6 heteroatoms. The lowest BCUT2D eigenvalue weighted by Gasteiger charge is -2.35. The van der Waals surface area contributed by atoms with Gasteiger partial charge in [-0.15, -0.1) is 0 Å². The summed E-state index contributed by atoms with van der Waals surface area (Å²) in [5.74, 6) is 2.75. The van der Waals surface area contributed by atoms with Crippen LogP contribution in [0.5, 0.6) is 0 Å². The highest BCUT2D eigenvalue weighted by molar-refractivity contribution is 5.92. The maximum Gasteiger partial charge on any atom is 0.225 e. The topological polar surface area (TPSA) is 61.4 Å². The smallest absolute Gasteiger partial charge is 0.225 e. The Morgan fingerprint density at radius 1 is 0.935 bits per heavy atom. The Balaban J connectivity index is 1.00. The number of unbranched alkanes of at least 4 members (excludes halogenated alkanes) is 2. The molecule has 1 saturated heterocycles. The van der Waals surface area contributed by atoms with Crippen LogP contribution >= 0.6 is 0 Å². The van der Waals surface area contributed by atoms with Gasteiger partial charge in [-0.2, -0.15) is 0 Å². The molecule has 2 aliphatic heterocycles. The highest BCUT2D eigenvalue weighted by Crippen LogP contribution is 2.39. The van der Waals surface area contributed by atoms with Crippen LogP contribution in [0.4, 0.5) is 11.6 Å². The van der Waals surface area contributed by atoms with Crippen molar-refractivity contribution in [2.24, 2.45) is 0 Å². The van der Waals surface area contributed by atoms with Gasteiger partial charge in [0.05, 0.1) is 0 Å². The second kappa shape index (κ2) is 9.35. The zero-order valence-electron chi connectivity index (χ0n) is 18.4. The summed E-state index contributed by atoms with van der Waals surface area (Å²) in [6.07, 6.45) is 8.59. The molecular weight excluding hydrogens is 386 g/mol. The molecule has 1 saturated carbocycles. The average Bonchev–Trinajstić information content (AvgIpc) is 3.65. The summed E-state index contributed by atoms with van der Waals surface area (Å²) in [7, 11) is 0. The normalized spacial score (nSPS) is 19.2. The highest BCUT2D eigenvalue weighted by atomic mass is 16.1. The molecule has 2 fully saturated rings. The van der Waals surface area contributed by atoms with Gasteiger partial charge in [-0.3, -0.25) is 9.69 Å². The number of hydrogen-bond acceptors (Lipinski definition) is 5. The number of piperazine rings is 1. The molecule has 3 aliphatic rings. The minimum atomic E-state index is 0.0867. The van der Waals surface area contributed by atoms with Crippen LogP contribution in [0.15, 0.2) is 30.3 Å². The van der Waals surface area contributed by atoms with Gasteiger partial charge in [0.1, 0.15) is 11.6 Å². The lowest BCUT2D eigenvalue weighted by Crippen LogP contribution is -2.47. The Morgan fingerprint density at radius 2 is 1.81 bits per heavy atom. The first kappa shape index (κ1) is 20.4. The van der Waals surface area contributed by atoms with E-state index in [2.05, 4.69) is 50.4 Å². The molecule has 31 heavy (non-hydrogen) atoms. The number of nitrogens with zero attached hydrogens (tertiary/aromatic N) is 4. The first-order valence-electron chi connectivity index (χ1n) is 12.0. The molecule has 0 aromatic carbocycles. The van der Waals surface area contributed by atoms with Crippen LogP contribution in [0, 0.1) is 0 Å². The minimum absolute atomic E-state index is 0.0867. The summed E-state index contributed by atoms with van der Waals surface area (Å²) >= 11 is 0. The van der Waals surface area contributed by atoms with Crippen LogP contribution in [-0.4, -0.2) is 53.5 Å². The molecule has 0 bridgehead atoms. The van der Waals surface area contributed by atoms with Gasteiger partial charge in [0.2, 0.25) is 5.91 Å². The van der Waals surface area contributed by atoms with Crippen molar-refractivity contribution in [2.45, 2.75) is 57.3 Å². The first-order valence-corrected chi connectivity index (χ1v) is 12.0. The van der Waals surface area contributed by atoms with Crippen LogP contribution in [0.2, 0.25) is 0 Å². The Hall–Kier alpha value is -2.47. The van der Waals surface area contributed by atoms with Crippen LogP contribution in [-0.2, 0) is 17.6 Å². The minimum Gasteiger partial charge on any atom is -0.354 e. The number of amides is 1. The van der Waals surface area contributed by atoms with Crippen molar-refractivity contribution in [3.63, 3.8) is 0 Å².